The number of benzene rings is 9. The van der Waals surface area contributed by atoms with Gasteiger partial charge in [0.05, 0.1) is 16.8 Å². The number of rotatable bonds is 4. The highest BCUT2D eigenvalue weighted by Crippen LogP contribution is 2.48. The molecular formula is C46H29NO. The second kappa shape index (κ2) is 10.6. The Morgan fingerprint density at radius 1 is 0.354 bits per heavy atom. The Kier molecular flexibility index (Phi) is 5.91. The summed E-state index contributed by atoms with van der Waals surface area (Å²) in [5.41, 5.74) is 7.32. The molecule has 2 nitrogen and oxygen atoms in total. The Morgan fingerprint density at radius 2 is 1.00 bits per heavy atom. The van der Waals surface area contributed by atoms with Crippen LogP contribution in [0.25, 0.3) is 76.2 Å². The monoisotopic (exact) mass is 611 g/mol. The van der Waals surface area contributed by atoms with E-state index in [1.807, 2.05) is 0 Å². The van der Waals surface area contributed by atoms with Gasteiger partial charge in [-0.3, -0.25) is 0 Å². The molecule has 1 aromatic heterocycles. The van der Waals surface area contributed by atoms with Crippen LogP contribution in [0.15, 0.2) is 180 Å². The first kappa shape index (κ1) is 26.8. The van der Waals surface area contributed by atoms with Crippen LogP contribution in [-0.2, 0) is 0 Å². The molecule has 0 spiro atoms. The van der Waals surface area contributed by atoms with Crippen molar-refractivity contribution < 1.29 is 4.42 Å². The van der Waals surface area contributed by atoms with Gasteiger partial charge in [-0.05, 0) is 79.7 Å². The first-order valence-corrected chi connectivity index (χ1v) is 16.4. The van der Waals surface area contributed by atoms with Gasteiger partial charge in [-0.25, -0.2) is 0 Å². The van der Waals surface area contributed by atoms with Crippen LogP contribution in [0.1, 0.15) is 0 Å². The quantitative estimate of drug-likeness (QED) is 0.184. The third-order valence-electron chi connectivity index (χ3n) is 9.82. The fourth-order valence-corrected chi connectivity index (χ4v) is 7.61. The van der Waals surface area contributed by atoms with E-state index in [9.17, 15) is 0 Å². The molecule has 224 valence electrons. The standard InChI is InChI=1S/C46H29NO/c1-2-14-33-29-34(25-23-30(33)11-1)47(42-21-10-20-37-36-17-6-4-13-32(36)24-26-39(37)42)43-28-27-40(38-19-9-15-31-12-3-5-16-35(31)38)46-45(43)41-18-7-8-22-44(41)48-46/h1-29H. The van der Waals surface area contributed by atoms with Crippen LogP contribution in [0.4, 0.5) is 17.1 Å². The topological polar surface area (TPSA) is 16.4 Å². The van der Waals surface area contributed by atoms with Crippen LogP contribution in [0.3, 0.4) is 0 Å². The van der Waals surface area contributed by atoms with Crippen molar-refractivity contribution in [2.75, 3.05) is 4.90 Å². The van der Waals surface area contributed by atoms with E-state index < -0.39 is 0 Å². The highest BCUT2D eigenvalue weighted by Gasteiger charge is 2.24. The van der Waals surface area contributed by atoms with Gasteiger partial charge in [0.25, 0.3) is 0 Å². The first-order valence-electron chi connectivity index (χ1n) is 16.4. The van der Waals surface area contributed by atoms with Crippen LogP contribution in [-0.4, -0.2) is 0 Å². The van der Waals surface area contributed by atoms with Crippen molar-refractivity contribution >= 4 is 82.1 Å². The van der Waals surface area contributed by atoms with Crippen molar-refractivity contribution in [2.45, 2.75) is 0 Å². The lowest BCUT2D eigenvalue weighted by Gasteiger charge is -2.28. The molecule has 48 heavy (non-hydrogen) atoms. The summed E-state index contributed by atoms with van der Waals surface area (Å²) < 4.78 is 6.84. The van der Waals surface area contributed by atoms with Crippen molar-refractivity contribution in [2.24, 2.45) is 0 Å². The Morgan fingerprint density at radius 3 is 1.88 bits per heavy atom. The summed E-state index contributed by atoms with van der Waals surface area (Å²) >= 11 is 0. The van der Waals surface area contributed by atoms with Crippen LogP contribution >= 0.6 is 0 Å². The number of hydrogen-bond acceptors (Lipinski definition) is 2. The molecule has 0 N–H and O–H groups in total. The van der Waals surface area contributed by atoms with Gasteiger partial charge < -0.3 is 9.32 Å². The molecule has 0 fully saturated rings. The van der Waals surface area contributed by atoms with E-state index >= 15 is 0 Å². The third kappa shape index (κ3) is 4.06. The molecule has 0 unspecified atom stereocenters. The van der Waals surface area contributed by atoms with E-state index in [4.69, 9.17) is 4.42 Å². The van der Waals surface area contributed by atoms with Gasteiger partial charge in [-0.2, -0.15) is 0 Å². The molecule has 0 aliphatic rings. The molecule has 0 radical (unpaired) electrons. The van der Waals surface area contributed by atoms with Gasteiger partial charge in [-0.15, -0.1) is 0 Å². The molecular weight excluding hydrogens is 583 g/mol. The Balaban J connectivity index is 1.32. The summed E-state index contributed by atoms with van der Waals surface area (Å²) in [4.78, 5) is 2.43. The Bertz CT molecular complexity index is 2860. The third-order valence-corrected chi connectivity index (χ3v) is 9.82. The molecule has 10 rings (SSSR count). The Labute approximate surface area is 277 Å². The zero-order valence-corrected chi connectivity index (χ0v) is 26.1. The maximum absolute atomic E-state index is 6.84. The van der Waals surface area contributed by atoms with E-state index in [0.717, 1.165) is 50.1 Å². The van der Waals surface area contributed by atoms with Gasteiger partial charge in [0.2, 0.25) is 0 Å². The van der Waals surface area contributed by atoms with Gasteiger partial charge in [-0.1, -0.05) is 140 Å². The molecule has 0 aliphatic heterocycles. The van der Waals surface area contributed by atoms with E-state index in [1.54, 1.807) is 0 Å². The van der Waals surface area contributed by atoms with Gasteiger partial charge in [0, 0.05) is 22.0 Å². The fourth-order valence-electron chi connectivity index (χ4n) is 7.61. The number of furan rings is 1. The van der Waals surface area contributed by atoms with Crippen LogP contribution in [0.5, 0.6) is 0 Å². The van der Waals surface area contributed by atoms with Crippen molar-refractivity contribution in [1.82, 2.24) is 0 Å². The van der Waals surface area contributed by atoms with E-state index in [2.05, 4.69) is 181 Å². The van der Waals surface area contributed by atoms with Crippen molar-refractivity contribution in [1.29, 1.82) is 0 Å². The SMILES string of the molecule is c1ccc2cc(N(c3cccc4c3ccc3ccccc34)c3ccc(-c4cccc5ccccc45)c4oc5ccccc5c34)ccc2c1. The zero-order chi connectivity index (χ0) is 31.6. The van der Waals surface area contributed by atoms with Crippen molar-refractivity contribution in [3.05, 3.63) is 176 Å². The lowest BCUT2D eigenvalue weighted by Crippen LogP contribution is -2.11. The zero-order valence-electron chi connectivity index (χ0n) is 26.1. The average Bonchev–Trinajstić information content (AvgIpc) is 3.55. The number of para-hydroxylation sites is 1. The van der Waals surface area contributed by atoms with Crippen LogP contribution in [0.2, 0.25) is 0 Å². The fraction of sp³-hybridized carbons (Fsp3) is 0. The summed E-state index contributed by atoms with van der Waals surface area (Å²) in [6, 6.07) is 63.3. The minimum Gasteiger partial charge on any atom is -0.455 e. The highest BCUT2D eigenvalue weighted by molar-refractivity contribution is 6.20. The summed E-state index contributed by atoms with van der Waals surface area (Å²) in [5, 5.41) is 12.0. The molecule has 0 saturated heterocycles. The molecule has 1 heterocycles. The first-order chi connectivity index (χ1) is 23.8. The normalized spacial score (nSPS) is 11.8. The molecule has 10 aromatic rings. The number of fused-ring (bicyclic) bond motifs is 8. The summed E-state index contributed by atoms with van der Waals surface area (Å²) in [6.07, 6.45) is 0. The van der Waals surface area contributed by atoms with Gasteiger partial charge >= 0.3 is 0 Å². The largest absolute Gasteiger partial charge is 0.455 e. The minimum atomic E-state index is 0.879. The average molecular weight is 612 g/mol. The maximum Gasteiger partial charge on any atom is 0.145 e. The second-order valence-corrected chi connectivity index (χ2v) is 12.5. The van der Waals surface area contributed by atoms with Crippen LogP contribution in [0, 0.1) is 0 Å². The van der Waals surface area contributed by atoms with Crippen LogP contribution < -0.4 is 4.90 Å². The molecule has 9 aromatic carbocycles. The number of nitrogens with zero attached hydrogens (tertiary/aromatic N) is 1. The van der Waals surface area contributed by atoms with Gasteiger partial charge in [0.1, 0.15) is 11.2 Å². The lowest BCUT2D eigenvalue weighted by molar-refractivity contribution is 0.670. The van der Waals surface area contributed by atoms with Gasteiger partial charge in [0.15, 0.2) is 0 Å². The molecule has 2 heteroatoms. The van der Waals surface area contributed by atoms with Crippen molar-refractivity contribution in [3.8, 4) is 11.1 Å². The second-order valence-electron chi connectivity index (χ2n) is 12.5. The van der Waals surface area contributed by atoms with E-state index in [-0.39, 0.29) is 0 Å². The molecule has 0 aliphatic carbocycles. The van der Waals surface area contributed by atoms with E-state index in [1.165, 1.54) is 43.1 Å². The highest BCUT2D eigenvalue weighted by atomic mass is 16.3. The summed E-state index contributed by atoms with van der Waals surface area (Å²) in [7, 11) is 0. The van der Waals surface area contributed by atoms with Crippen molar-refractivity contribution in [3.63, 3.8) is 0 Å². The molecule has 0 bridgehead atoms. The predicted octanol–water partition coefficient (Wildman–Crippen LogP) is 13.3. The number of hydrogen-bond donors (Lipinski definition) is 0. The smallest absolute Gasteiger partial charge is 0.145 e. The molecule has 0 amide bonds. The molecule has 0 atom stereocenters. The predicted molar refractivity (Wildman–Crippen MR) is 204 cm³/mol. The Hall–Kier alpha value is -6.38. The summed E-state index contributed by atoms with van der Waals surface area (Å²) in [5.74, 6) is 0. The lowest BCUT2D eigenvalue weighted by atomic mass is 9.95. The maximum atomic E-state index is 6.84. The number of anilines is 3. The minimum absolute atomic E-state index is 0.879. The van der Waals surface area contributed by atoms with E-state index in [0.29, 0.717) is 0 Å². The summed E-state index contributed by atoms with van der Waals surface area (Å²) in [6.45, 7) is 0. The molecule has 0 saturated carbocycles.